The van der Waals surface area contributed by atoms with E-state index in [4.69, 9.17) is 0 Å². The molecule has 0 aliphatic carbocycles. The minimum absolute atomic E-state index is 0.147. The molecule has 2 aliphatic rings. The van der Waals surface area contributed by atoms with E-state index >= 15 is 0 Å². The van der Waals surface area contributed by atoms with Crippen LogP contribution in [0.15, 0.2) is 54.6 Å². The number of piperazine rings is 1. The van der Waals surface area contributed by atoms with Gasteiger partial charge in [-0.05, 0) is 17.7 Å². The molecule has 3 amide bonds. The maximum Gasteiger partial charge on any atom is 0.262 e. The highest BCUT2D eigenvalue weighted by molar-refractivity contribution is 6.22. The highest BCUT2D eigenvalue weighted by atomic mass is 16.2. The number of quaternary nitrogens is 1. The number of amides is 3. The number of carbonyl (C=O) groups is 3. The van der Waals surface area contributed by atoms with Crippen LogP contribution < -0.4 is 4.90 Å². The van der Waals surface area contributed by atoms with Crippen LogP contribution in [0.5, 0.6) is 0 Å². The van der Waals surface area contributed by atoms with E-state index in [1.165, 1.54) is 9.80 Å². The first kappa shape index (κ1) is 18.4. The summed E-state index contributed by atoms with van der Waals surface area (Å²) in [5.41, 5.74) is 1.68. The number of nitrogens with one attached hydrogen (secondary N) is 1. The second kappa shape index (κ2) is 7.56. The fraction of sp³-hybridized carbons (Fsp3) is 0.318. The number of carbonyl (C=O) groups excluding carboxylic acids is 3. The second-order valence-corrected chi connectivity index (χ2v) is 7.51. The standard InChI is InChI=1S/C22H23N3O3/c1-23-11-13-24(14-12-23)22(28)19(15-16-7-3-2-4-8-16)25-20(26)17-9-5-6-10-18(17)21(25)27/h2-10,19H,11-15H2,1H3/p+1/t19-/m0/s1. The molecule has 0 aromatic heterocycles. The van der Waals surface area contributed by atoms with E-state index in [1.54, 1.807) is 29.2 Å². The summed E-state index contributed by atoms with van der Waals surface area (Å²) < 4.78 is 0. The molecule has 2 aromatic rings. The van der Waals surface area contributed by atoms with E-state index in [1.807, 2.05) is 30.3 Å². The van der Waals surface area contributed by atoms with Gasteiger partial charge in [0.05, 0.1) is 44.4 Å². The van der Waals surface area contributed by atoms with Crippen LogP contribution in [-0.2, 0) is 11.2 Å². The van der Waals surface area contributed by atoms with Crippen molar-refractivity contribution >= 4 is 17.7 Å². The first-order valence-electron chi connectivity index (χ1n) is 9.67. The van der Waals surface area contributed by atoms with Gasteiger partial charge in [-0.1, -0.05) is 42.5 Å². The lowest BCUT2D eigenvalue weighted by molar-refractivity contribution is -0.883. The molecule has 144 valence electrons. The first-order valence-corrected chi connectivity index (χ1v) is 9.67. The molecule has 6 nitrogen and oxygen atoms in total. The van der Waals surface area contributed by atoms with Crippen molar-refractivity contribution in [2.75, 3.05) is 33.2 Å². The molecule has 0 spiro atoms. The van der Waals surface area contributed by atoms with Crippen LogP contribution in [0.3, 0.4) is 0 Å². The Balaban J connectivity index is 1.66. The number of nitrogens with zero attached hydrogens (tertiary/aromatic N) is 2. The van der Waals surface area contributed by atoms with Gasteiger partial charge < -0.3 is 9.80 Å². The number of fused-ring (bicyclic) bond motifs is 1. The lowest BCUT2D eigenvalue weighted by Crippen LogP contribution is -3.12. The molecule has 28 heavy (non-hydrogen) atoms. The summed E-state index contributed by atoms with van der Waals surface area (Å²) in [5, 5.41) is 0. The highest BCUT2D eigenvalue weighted by Crippen LogP contribution is 2.26. The zero-order chi connectivity index (χ0) is 19.7. The van der Waals surface area contributed by atoms with E-state index in [0.29, 0.717) is 30.6 Å². The Kier molecular flexibility index (Phi) is 4.96. The maximum atomic E-state index is 13.4. The summed E-state index contributed by atoms with van der Waals surface area (Å²) in [6.07, 6.45) is 0.324. The third kappa shape index (κ3) is 3.31. The molecule has 0 saturated carbocycles. The number of rotatable bonds is 4. The Morgan fingerprint density at radius 2 is 1.46 bits per heavy atom. The average molecular weight is 378 g/mol. The molecule has 0 bridgehead atoms. The van der Waals surface area contributed by atoms with E-state index in [2.05, 4.69) is 7.05 Å². The largest absolute Gasteiger partial charge is 0.334 e. The molecule has 0 unspecified atom stereocenters. The topological polar surface area (TPSA) is 62.1 Å². The molecule has 1 atom stereocenters. The Morgan fingerprint density at radius 3 is 2.04 bits per heavy atom. The summed E-state index contributed by atoms with van der Waals surface area (Å²) in [6, 6.07) is 15.5. The number of hydrogen-bond donors (Lipinski definition) is 1. The van der Waals surface area contributed by atoms with Crippen molar-refractivity contribution in [1.82, 2.24) is 9.80 Å². The SMILES string of the molecule is C[NH+]1CCN(C(=O)[C@H](Cc2ccccc2)N2C(=O)c3ccccc3C2=O)CC1. The van der Waals surface area contributed by atoms with Gasteiger partial charge in [0, 0.05) is 6.42 Å². The van der Waals surface area contributed by atoms with E-state index in [9.17, 15) is 14.4 Å². The fourth-order valence-electron chi connectivity index (χ4n) is 3.94. The minimum atomic E-state index is -0.826. The maximum absolute atomic E-state index is 13.4. The Morgan fingerprint density at radius 1 is 0.929 bits per heavy atom. The smallest absolute Gasteiger partial charge is 0.262 e. The zero-order valence-corrected chi connectivity index (χ0v) is 15.9. The fourth-order valence-corrected chi connectivity index (χ4v) is 3.94. The van der Waals surface area contributed by atoms with Crippen LogP contribution in [0.4, 0.5) is 0 Å². The third-order valence-corrected chi connectivity index (χ3v) is 5.62. The average Bonchev–Trinajstić information content (AvgIpc) is 2.98. The molecular weight excluding hydrogens is 354 g/mol. The quantitative estimate of drug-likeness (QED) is 0.776. The van der Waals surface area contributed by atoms with Crippen molar-refractivity contribution in [3.8, 4) is 0 Å². The van der Waals surface area contributed by atoms with Gasteiger partial charge >= 0.3 is 0 Å². The van der Waals surface area contributed by atoms with Crippen LogP contribution >= 0.6 is 0 Å². The summed E-state index contributed by atoms with van der Waals surface area (Å²) in [4.78, 5) is 43.8. The van der Waals surface area contributed by atoms with Crippen molar-refractivity contribution in [3.63, 3.8) is 0 Å². The van der Waals surface area contributed by atoms with Crippen LogP contribution in [0.25, 0.3) is 0 Å². The normalized spacial score (nSPS) is 18.3. The predicted octanol–water partition coefficient (Wildman–Crippen LogP) is 0.251. The van der Waals surface area contributed by atoms with Crippen molar-refractivity contribution in [2.45, 2.75) is 12.5 Å². The summed E-state index contributed by atoms with van der Waals surface area (Å²) in [5.74, 6) is -0.907. The third-order valence-electron chi connectivity index (χ3n) is 5.62. The molecule has 2 aliphatic heterocycles. The molecule has 6 heteroatoms. The molecule has 1 saturated heterocycles. The zero-order valence-electron chi connectivity index (χ0n) is 15.9. The number of benzene rings is 2. The summed E-state index contributed by atoms with van der Waals surface area (Å²) in [6.45, 7) is 3.01. The molecule has 1 fully saturated rings. The van der Waals surface area contributed by atoms with Gasteiger partial charge in [0.25, 0.3) is 11.8 Å². The first-order chi connectivity index (χ1) is 13.6. The number of imide groups is 1. The summed E-state index contributed by atoms with van der Waals surface area (Å²) >= 11 is 0. The van der Waals surface area contributed by atoms with Gasteiger partial charge in [-0.2, -0.15) is 0 Å². The van der Waals surface area contributed by atoms with Crippen LogP contribution in [0.2, 0.25) is 0 Å². The molecule has 2 aromatic carbocycles. The highest BCUT2D eigenvalue weighted by Gasteiger charge is 2.44. The van der Waals surface area contributed by atoms with Crippen molar-refractivity contribution in [1.29, 1.82) is 0 Å². The summed E-state index contributed by atoms with van der Waals surface area (Å²) in [7, 11) is 2.10. The predicted molar refractivity (Wildman–Crippen MR) is 104 cm³/mol. The molecule has 0 radical (unpaired) electrons. The van der Waals surface area contributed by atoms with Gasteiger partial charge in [0.1, 0.15) is 6.04 Å². The van der Waals surface area contributed by atoms with Gasteiger partial charge in [-0.15, -0.1) is 0 Å². The van der Waals surface area contributed by atoms with Crippen LogP contribution in [0.1, 0.15) is 26.3 Å². The lowest BCUT2D eigenvalue weighted by atomic mass is 10.0. The minimum Gasteiger partial charge on any atom is -0.334 e. The monoisotopic (exact) mass is 378 g/mol. The van der Waals surface area contributed by atoms with Crippen molar-refractivity contribution in [3.05, 3.63) is 71.3 Å². The van der Waals surface area contributed by atoms with Gasteiger partial charge in [0.2, 0.25) is 5.91 Å². The van der Waals surface area contributed by atoms with Gasteiger partial charge in [0.15, 0.2) is 0 Å². The van der Waals surface area contributed by atoms with Crippen LogP contribution in [-0.4, -0.2) is 66.8 Å². The van der Waals surface area contributed by atoms with E-state index in [0.717, 1.165) is 18.7 Å². The van der Waals surface area contributed by atoms with Crippen molar-refractivity contribution in [2.24, 2.45) is 0 Å². The Hall–Kier alpha value is -2.99. The van der Waals surface area contributed by atoms with Gasteiger partial charge in [-0.3, -0.25) is 19.3 Å². The Bertz CT molecular complexity index is 869. The lowest BCUT2D eigenvalue weighted by Gasteiger charge is -2.35. The van der Waals surface area contributed by atoms with E-state index in [-0.39, 0.29) is 17.7 Å². The Labute approximate surface area is 164 Å². The molecule has 1 N–H and O–H groups in total. The molecular formula is C22H24N3O3+. The molecule has 4 rings (SSSR count). The van der Waals surface area contributed by atoms with E-state index < -0.39 is 6.04 Å². The van der Waals surface area contributed by atoms with Crippen LogP contribution in [0, 0.1) is 0 Å². The van der Waals surface area contributed by atoms with Gasteiger partial charge in [-0.25, -0.2) is 0 Å². The van der Waals surface area contributed by atoms with Crippen molar-refractivity contribution < 1.29 is 19.3 Å². The molecule has 2 heterocycles. The second-order valence-electron chi connectivity index (χ2n) is 7.51. The number of likely N-dealkylation sites (N-methyl/N-ethyl adjacent to an activating group) is 1. The number of hydrogen-bond acceptors (Lipinski definition) is 3.